The Hall–Kier alpha value is -1.12. The highest BCUT2D eigenvalue weighted by Gasteiger charge is 2.24. The van der Waals surface area contributed by atoms with Gasteiger partial charge in [0.2, 0.25) is 0 Å². The first kappa shape index (κ1) is 13.3. The van der Waals surface area contributed by atoms with Gasteiger partial charge in [-0.3, -0.25) is 0 Å². The molecule has 1 aromatic heterocycles. The molecule has 2 heteroatoms. The predicted molar refractivity (Wildman–Crippen MR) is 78.0 cm³/mol. The maximum Gasteiger partial charge on any atom is 0.0688 e. The monoisotopic (exact) mass is 260 g/mol. The van der Waals surface area contributed by atoms with Gasteiger partial charge >= 0.3 is 0 Å². The lowest BCUT2D eigenvalue weighted by Crippen LogP contribution is -2.31. The minimum atomic E-state index is -0.580. The fourth-order valence-corrected chi connectivity index (χ4v) is 2.88. The van der Waals surface area contributed by atoms with Crippen molar-refractivity contribution in [3.63, 3.8) is 0 Å². The van der Waals surface area contributed by atoms with Gasteiger partial charge in [-0.05, 0) is 47.2 Å². The molecule has 0 aliphatic heterocycles. The van der Waals surface area contributed by atoms with Crippen LogP contribution in [-0.4, -0.2) is 10.7 Å². The van der Waals surface area contributed by atoms with Gasteiger partial charge in [-0.15, -0.1) is 0 Å². The number of aliphatic hydroxyl groups is 1. The maximum absolute atomic E-state index is 10.7. The third kappa shape index (κ3) is 3.69. The van der Waals surface area contributed by atoms with Crippen molar-refractivity contribution in [1.82, 2.24) is 0 Å². The second-order valence-corrected chi connectivity index (χ2v) is 5.65. The summed E-state index contributed by atoms with van der Waals surface area (Å²) in [6.45, 7) is 2.07. The number of rotatable bonds is 6. The van der Waals surface area contributed by atoms with Crippen LogP contribution in [0.25, 0.3) is 0 Å². The molecule has 1 heterocycles. The largest absolute Gasteiger partial charge is 0.390 e. The van der Waals surface area contributed by atoms with Gasteiger partial charge in [-0.25, -0.2) is 0 Å². The Morgan fingerprint density at radius 3 is 2.50 bits per heavy atom. The average Bonchev–Trinajstić information content (AvgIpc) is 2.91. The summed E-state index contributed by atoms with van der Waals surface area (Å²) >= 11 is 1.72. The lowest BCUT2D eigenvalue weighted by molar-refractivity contribution is 0.0281. The van der Waals surface area contributed by atoms with E-state index in [2.05, 4.69) is 35.9 Å². The van der Waals surface area contributed by atoms with Crippen LogP contribution >= 0.6 is 11.3 Å². The third-order valence-corrected chi connectivity index (χ3v) is 4.23. The van der Waals surface area contributed by atoms with E-state index >= 15 is 0 Å². The van der Waals surface area contributed by atoms with Crippen molar-refractivity contribution < 1.29 is 5.11 Å². The second-order valence-electron chi connectivity index (χ2n) is 4.87. The van der Waals surface area contributed by atoms with Crippen molar-refractivity contribution in [2.75, 3.05) is 0 Å². The van der Waals surface area contributed by atoms with Crippen LogP contribution in [0.3, 0.4) is 0 Å². The van der Waals surface area contributed by atoms with E-state index in [1.54, 1.807) is 11.3 Å². The van der Waals surface area contributed by atoms with Gasteiger partial charge in [0.1, 0.15) is 0 Å². The average molecular weight is 260 g/mol. The van der Waals surface area contributed by atoms with E-state index in [0.29, 0.717) is 0 Å². The summed E-state index contributed by atoms with van der Waals surface area (Å²) in [4.78, 5) is 0. The predicted octanol–water partition coefficient (Wildman–Crippen LogP) is 4.06. The Morgan fingerprint density at radius 2 is 1.89 bits per heavy atom. The van der Waals surface area contributed by atoms with Crippen molar-refractivity contribution >= 4 is 11.3 Å². The molecule has 2 rings (SSSR count). The Morgan fingerprint density at radius 1 is 1.11 bits per heavy atom. The molecule has 1 atom stereocenters. The van der Waals surface area contributed by atoms with Crippen LogP contribution in [-0.2, 0) is 12.8 Å². The maximum atomic E-state index is 10.7. The summed E-state index contributed by atoms with van der Waals surface area (Å²) in [5.41, 5.74) is 1.97. The third-order valence-electron chi connectivity index (χ3n) is 3.49. The summed E-state index contributed by atoms with van der Waals surface area (Å²) in [5.74, 6) is 0. The van der Waals surface area contributed by atoms with Gasteiger partial charge in [-0.1, -0.05) is 37.3 Å². The SMILES string of the molecule is CCC(O)(CCc1ccsc1)Cc1ccccc1. The fourth-order valence-electron chi connectivity index (χ4n) is 2.18. The normalized spacial score (nSPS) is 14.3. The van der Waals surface area contributed by atoms with Crippen LogP contribution in [0.4, 0.5) is 0 Å². The lowest BCUT2D eigenvalue weighted by Gasteiger charge is -2.27. The van der Waals surface area contributed by atoms with Crippen molar-refractivity contribution in [2.24, 2.45) is 0 Å². The quantitative estimate of drug-likeness (QED) is 0.830. The zero-order chi connectivity index (χ0) is 12.8. The van der Waals surface area contributed by atoms with Crippen molar-refractivity contribution in [3.05, 3.63) is 58.3 Å². The molecule has 0 saturated heterocycles. The highest BCUT2D eigenvalue weighted by Crippen LogP contribution is 2.24. The standard InChI is InChI=1S/C16H20OS/c1-2-16(17,10-8-15-9-11-18-13-15)12-14-6-4-3-5-7-14/h3-7,9,11,13,17H,2,8,10,12H2,1H3. The minimum absolute atomic E-state index is 0.580. The van der Waals surface area contributed by atoms with Gasteiger partial charge in [-0.2, -0.15) is 11.3 Å². The lowest BCUT2D eigenvalue weighted by atomic mass is 9.87. The summed E-state index contributed by atoms with van der Waals surface area (Å²) in [6, 6.07) is 12.4. The van der Waals surface area contributed by atoms with Gasteiger partial charge < -0.3 is 5.11 Å². The molecule has 0 aliphatic rings. The number of hydrogen-bond donors (Lipinski definition) is 1. The zero-order valence-corrected chi connectivity index (χ0v) is 11.6. The van der Waals surface area contributed by atoms with Gasteiger partial charge in [0.05, 0.1) is 5.60 Å². The van der Waals surface area contributed by atoms with Crippen molar-refractivity contribution in [1.29, 1.82) is 0 Å². The fraction of sp³-hybridized carbons (Fsp3) is 0.375. The van der Waals surface area contributed by atoms with Crippen LogP contribution in [0.15, 0.2) is 47.2 Å². The van der Waals surface area contributed by atoms with Gasteiger partial charge in [0, 0.05) is 6.42 Å². The molecule has 1 aromatic carbocycles. The number of hydrogen-bond acceptors (Lipinski definition) is 2. The van der Waals surface area contributed by atoms with E-state index in [1.165, 1.54) is 11.1 Å². The molecule has 0 saturated carbocycles. The Balaban J connectivity index is 1.97. The summed E-state index contributed by atoms with van der Waals surface area (Å²) in [6.07, 6.45) is 3.33. The van der Waals surface area contributed by atoms with E-state index in [9.17, 15) is 5.11 Å². The van der Waals surface area contributed by atoms with E-state index in [4.69, 9.17) is 0 Å². The summed E-state index contributed by atoms with van der Waals surface area (Å²) in [7, 11) is 0. The molecule has 0 aliphatic carbocycles. The van der Waals surface area contributed by atoms with Crippen molar-refractivity contribution in [3.8, 4) is 0 Å². The van der Waals surface area contributed by atoms with E-state index < -0.39 is 5.60 Å². The Kier molecular flexibility index (Phi) is 4.56. The van der Waals surface area contributed by atoms with E-state index in [1.807, 2.05) is 18.2 Å². The Bertz CT molecular complexity index is 449. The zero-order valence-electron chi connectivity index (χ0n) is 10.8. The van der Waals surface area contributed by atoms with Crippen LogP contribution in [0, 0.1) is 0 Å². The molecule has 0 spiro atoms. The molecular weight excluding hydrogens is 240 g/mol. The van der Waals surface area contributed by atoms with Gasteiger partial charge in [0.15, 0.2) is 0 Å². The molecule has 18 heavy (non-hydrogen) atoms. The number of aryl methyl sites for hydroxylation is 1. The molecule has 0 fully saturated rings. The first-order valence-electron chi connectivity index (χ1n) is 6.49. The smallest absolute Gasteiger partial charge is 0.0688 e. The number of thiophene rings is 1. The molecule has 2 aromatic rings. The second kappa shape index (κ2) is 6.17. The molecular formula is C16H20OS. The number of benzene rings is 1. The minimum Gasteiger partial charge on any atom is -0.390 e. The molecule has 1 N–H and O–H groups in total. The molecule has 0 amide bonds. The van der Waals surface area contributed by atoms with Crippen molar-refractivity contribution in [2.45, 2.75) is 38.2 Å². The van der Waals surface area contributed by atoms with E-state index in [0.717, 1.165) is 25.7 Å². The molecule has 1 nitrogen and oxygen atoms in total. The Labute approximate surface area is 113 Å². The molecule has 0 radical (unpaired) electrons. The van der Waals surface area contributed by atoms with Gasteiger partial charge in [0.25, 0.3) is 0 Å². The van der Waals surface area contributed by atoms with Crippen LogP contribution in [0.1, 0.15) is 30.9 Å². The highest BCUT2D eigenvalue weighted by atomic mass is 32.1. The molecule has 96 valence electrons. The topological polar surface area (TPSA) is 20.2 Å². The van der Waals surface area contributed by atoms with E-state index in [-0.39, 0.29) is 0 Å². The first-order valence-corrected chi connectivity index (χ1v) is 7.43. The molecule has 1 unspecified atom stereocenters. The van der Waals surface area contributed by atoms with Crippen LogP contribution in [0.5, 0.6) is 0 Å². The molecule has 0 bridgehead atoms. The van der Waals surface area contributed by atoms with Crippen LogP contribution in [0.2, 0.25) is 0 Å². The van der Waals surface area contributed by atoms with Crippen LogP contribution < -0.4 is 0 Å². The summed E-state index contributed by atoms with van der Waals surface area (Å²) < 4.78 is 0. The highest BCUT2D eigenvalue weighted by molar-refractivity contribution is 7.07. The summed E-state index contributed by atoms with van der Waals surface area (Å²) in [5, 5.41) is 14.9. The first-order chi connectivity index (χ1) is 8.72.